The van der Waals surface area contributed by atoms with E-state index in [2.05, 4.69) is 5.38 Å². The second-order valence-electron chi connectivity index (χ2n) is 2.56. The molecule has 0 saturated heterocycles. The molecule has 23 heavy (non-hydrogen) atoms. The summed E-state index contributed by atoms with van der Waals surface area (Å²) >= 11 is 1.33. The molecule has 0 aliphatic heterocycles. The summed E-state index contributed by atoms with van der Waals surface area (Å²) in [6.07, 6.45) is 0.821. The first-order valence-electron chi connectivity index (χ1n) is 4.46. The summed E-state index contributed by atoms with van der Waals surface area (Å²) in [6.45, 7) is 0. The fourth-order valence-corrected chi connectivity index (χ4v) is 0.772. The molecule has 0 aliphatic carbocycles. The van der Waals surface area contributed by atoms with Gasteiger partial charge in [-0.05, 0) is 0 Å². The SMILES string of the molecule is F[B-](F)(F)F.F[B-](F)(F)F.F[B-](F)(F)F.O=Cc1cc[c-]s1.[K+]. The molecule has 0 radical (unpaired) electrons. The summed E-state index contributed by atoms with van der Waals surface area (Å²) in [5.41, 5.74) is 0. The maximum atomic E-state index is 9.86. The van der Waals surface area contributed by atoms with Crippen molar-refractivity contribution >= 4 is 39.4 Å². The molecule has 0 bridgehead atoms. The number of carbonyl (C=O) groups excluding carboxylic acids is 1. The van der Waals surface area contributed by atoms with Crippen LogP contribution in [0.1, 0.15) is 9.67 Å². The minimum Gasteiger partial charge on any atom is -0.418 e. The van der Waals surface area contributed by atoms with Crippen LogP contribution in [0.25, 0.3) is 0 Å². The Morgan fingerprint density at radius 3 is 1.13 bits per heavy atom. The van der Waals surface area contributed by atoms with E-state index in [1.165, 1.54) is 11.3 Å². The summed E-state index contributed by atoms with van der Waals surface area (Å²) in [6, 6.07) is 3.46. The van der Waals surface area contributed by atoms with Gasteiger partial charge in [-0.25, -0.2) is 0 Å². The standard InChI is InChI=1S/C5H3OS.3BF4.K/c6-4-5-2-1-3-7-5;3*2-1(3,4)5;/h1-2,4H;;;;/q4*-1;+1. The number of thiophene rings is 1. The summed E-state index contributed by atoms with van der Waals surface area (Å²) < 4.78 is 117. The van der Waals surface area contributed by atoms with Gasteiger partial charge in [0.1, 0.15) is 0 Å². The van der Waals surface area contributed by atoms with Crippen molar-refractivity contribution in [3.05, 3.63) is 22.4 Å². The van der Waals surface area contributed by atoms with Crippen LogP contribution in [0.4, 0.5) is 51.8 Å². The van der Waals surface area contributed by atoms with Crippen LogP contribution >= 0.6 is 11.3 Å². The van der Waals surface area contributed by atoms with Crippen LogP contribution in [0.2, 0.25) is 0 Å². The third-order valence-electron chi connectivity index (χ3n) is 0.609. The van der Waals surface area contributed by atoms with Crippen molar-refractivity contribution in [2.75, 3.05) is 0 Å². The maximum Gasteiger partial charge on any atom is 1.00 e. The molecule has 1 rings (SSSR count). The Bertz CT molecular complexity index is 329. The monoisotopic (exact) mass is 411 g/mol. The molecule has 0 N–H and O–H groups in total. The van der Waals surface area contributed by atoms with Crippen molar-refractivity contribution in [2.24, 2.45) is 0 Å². The Kier molecular flexibility index (Phi) is 19.9. The van der Waals surface area contributed by atoms with Crippen LogP contribution in [0.15, 0.2) is 12.1 Å². The molecular weight excluding hydrogens is 408 g/mol. The normalized spacial score (nSPS) is 10.4. The third-order valence-corrected chi connectivity index (χ3v) is 1.33. The molecule has 1 nitrogen and oxygen atoms in total. The Hall–Kier alpha value is 0.361. The first kappa shape index (κ1) is 31.2. The van der Waals surface area contributed by atoms with E-state index in [1.54, 1.807) is 12.1 Å². The first-order chi connectivity index (χ1) is 9.43. The molecule has 0 spiro atoms. The molecule has 0 fully saturated rings. The van der Waals surface area contributed by atoms with Crippen LogP contribution in [-0.2, 0) is 0 Å². The average Bonchev–Trinajstić information content (AvgIpc) is 2.60. The maximum absolute atomic E-state index is 9.86. The smallest absolute Gasteiger partial charge is 0.418 e. The Labute approximate surface area is 168 Å². The predicted molar refractivity (Wildman–Crippen MR) is 59.1 cm³/mol. The van der Waals surface area contributed by atoms with Crippen LogP contribution < -0.4 is 51.4 Å². The van der Waals surface area contributed by atoms with Gasteiger partial charge in [0.15, 0.2) is 0 Å². The van der Waals surface area contributed by atoms with Crippen molar-refractivity contribution in [2.45, 2.75) is 0 Å². The Morgan fingerprint density at radius 2 is 1.04 bits per heavy atom. The molecule has 132 valence electrons. The van der Waals surface area contributed by atoms with E-state index < -0.39 is 21.8 Å². The van der Waals surface area contributed by atoms with E-state index in [0.29, 0.717) is 0 Å². The molecule has 0 unspecified atom stereocenters. The van der Waals surface area contributed by atoms with Gasteiger partial charge in [-0.2, -0.15) is 12.1 Å². The molecule has 0 amide bonds. The molecule has 18 heteroatoms. The van der Waals surface area contributed by atoms with Gasteiger partial charge in [0.05, 0.1) is 6.29 Å². The summed E-state index contributed by atoms with van der Waals surface area (Å²) in [7, 11) is -18.0. The minimum atomic E-state index is -6.00. The van der Waals surface area contributed by atoms with Gasteiger partial charge in [0, 0.05) is 0 Å². The van der Waals surface area contributed by atoms with Crippen molar-refractivity contribution in [1.29, 1.82) is 0 Å². The number of aldehydes is 1. The molecule has 0 atom stereocenters. The number of hydrogen-bond donors (Lipinski definition) is 0. The third kappa shape index (κ3) is 106. The van der Waals surface area contributed by atoms with Crippen molar-refractivity contribution < 1.29 is 108 Å². The number of hydrogen-bond acceptors (Lipinski definition) is 2. The molecule has 0 aromatic carbocycles. The van der Waals surface area contributed by atoms with Gasteiger partial charge >= 0.3 is 73.1 Å². The van der Waals surface area contributed by atoms with Gasteiger partial charge in [-0.3, -0.25) is 11.3 Å². The summed E-state index contributed by atoms with van der Waals surface area (Å²) in [5, 5.41) is 2.79. The largest absolute Gasteiger partial charge is 1.00 e. The van der Waals surface area contributed by atoms with Crippen LogP contribution in [-0.4, -0.2) is 28.0 Å². The van der Waals surface area contributed by atoms with Gasteiger partial charge in [-0.15, -0.1) is 5.38 Å². The zero-order chi connectivity index (χ0) is 18.6. The van der Waals surface area contributed by atoms with E-state index in [9.17, 15) is 56.6 Å². The van der Waals surface area contributed by atoms with Crippen LogP contribution in [0.5, 0.6) is 0 Å². The molecular formula is C5H3B3F12KOS-3. The molecule has 0 saturated carbocycles. The van der Waals surface area contributed by atoms with Crippen LogP contribution in [0, 0.1) is 5.38 Å². The quantitative estimate of drug-likeness (QED) is 0.300. The zero-order valence-corrected chi connectivity index (χ0v) is 14.8. The van der Waals surface area contributed by atoms with E-state index in [4.69, 9.17) is 0 Å². The van der Waals surface area contributed by atoms with Crippen molar-refractivity contribution in [3.63, 3.8) is 0 Å². The number of halogens is 12. The van der Waals surface area contributed by atoms with Crippen molar-refractivity contribution in [1.82, 2.24) is 0 Å². The van der Waals surface area contributed by atoms with Crippen LogP contribution in [0.3, 0.4) is 0 Å². The number of rotatable bonds is 1. The molecule has 1 aromatic rings. The number of carbonyl (C=O) groups is 1. The van der Waals surface area contributed by atoms with E-state index in [1.807, 2.05) is 0 Å². The zero-order valence-electron chi connectivity index (χ0n) is 10.8. The Morgan fingerprint density at radius 1 is 0.783 bits per heavy atom. The fraction of sp³-hybridized carbons (Fsp3) is 0. The van der Waals surface area contributed by atoms with E-state index in [0.717, 1.165) is 11.2 Å². The first-order valence-corrected chi connectivity index (χ1v) is 5.28. The van der Waals surface area contributed by atoms with Gasteiger partial charge in [0.2, 0.25) is 0 Å². The fourth-order valence-electron chi connectivity index (χ4n) is 0.316. The predicted octanol–water partition coefficient (Wildman–Crippen LogP) is 2.26. The summed E-state index contributed by atoms with van der Waals surface area (Å²) in [4.78, 5) is 10.6. The van der Waals surface area contributed by atoms with Gasteiger partial charge < -0.3 is 56.6 Å². The molecule has 1 heterocycles. The van der Waals surface area contributed by atoms with Gasteiger partial charge in [-0.1, -0.05) is 4.88 Å². The second kappa shape index (κ2) is 14.7. The average molecular weight is 411 g/mol. The van der Waals surface area contributed by atoms with Crippen molar-refractivity contribution in [3.8, 4) is 0 Å². The minimum absolute atomic E-state index is 0. The molecule has 1 aromatic heterocycles. The summed E-state index contributed by atoms with van der Waals surface area (Å²) in [5.74, 6) is 0. The Balaban J connectivity index is -0.000000105. The van der Waals surface area contributed by atoms with Gasteiger partial charge in [0.25, 0.3) is 0 Å². The van der Waals surface area contributed by atoms with E-state index in [-0.39, 0.29) is 51.4 Å². The van der Waals surface area contributed by atoms with E-state index >= 15 is 0 Å². The second-order valence-corrected chi connectivity index (χ2v) is 3.47. The topological polar surface area (TPSA) is 17.1 Å². The molecule has 0 aliphatic rings.